The van der Waals surface area contributed by atoms with Gasteiger partial charge in [-0.1, -0.05) is 12.1 Å². The smallest absolute Gasteiger partial charge is 0.335 e. The van der Waals surface area contributed by atoms with E-state index >= 15 is 0 Å². The highest BCUT2D eigenvalue weighted by atomic mass is 16.4. The summed E-state index contributed by atoms with van der Waals surface area (Å²) in [6, 6.07) is 12.9. The quantitative estimate of drug-likeness (QED) is 0.744. The average Bonchev–Trinajstić information content (AvgIpc) is 3.47. The molecule has 0 aromatic heterocycles. The summed E-state index contributed by atoms with van der Waals surface area (Å²) in [5.41, 5.74) is 2.19. The van der Waals surface area contributed by atoms with Crippen LogP contribution in [-0.2, 0) is 4.79 Å². The molecule has 0 bridgehead atoms. The molecule has 2 amide bonds. The van der Waals surface area contributed by atoms with Crippen LogP contribution in [0.1, 0.15) is 52.1 Å². The van der Waals surface area contributed by atoms with E-state index in [9.17, 15) is 14.4 Å². The standard InChI is InChI=1S/C20H20N2O4/c1-12(21-18(23)14-4-6-16(7-5-14)20(25)26)13-8-10-17(11-9-13)22-19(24)15-2-3-15/h4-12,15H,2-3H2,1H3,(H,21,23)(H,22,24)(H,25,26). The predicted molar refractivity (Wildman–Crippen MR) is 97.1 cm³/mol. The van der Waals surface area contributed by atoms with Crippen molar-refractivity contribution in [1.82, 2.24) is 5.32 Å². The Morgan fingerprint density at radius 2 is 1.54 bits per heavy atom. The number of carbonyl (C=O) groups excluding carboxylic acids is 2. The molecular weight excluding hydrogens is 332 g/mol. The Morgan fingerprint density at radius 3 is 2.08 bits per heavy atom. The number of benzene rings is 2. The molecule has 1 fully saturated rings. The van der Waals surface area contributed by atoms with Crippen LogP contribution in [0.3, 0.4) is 0 Å². The predicted octanol–water partition coefficient (Wildman–Crippen LogP) is 3.22. The maximum Gasteiger partial charge on any atom is 0.335 e. The Bertz CT molecular complexity index is 824. The van der Waals surface area contributed by atoms with Crippen molar-refractivity contribution >= 4 is 23.5 Å². The molecule has 2 aromatic rings. The van der Waals surface area contributed by atoms with Crippen molar-refractivity contribution in [1.29, 1.82) is 0 Å². The highest BCUT2D eigenvalue weighted by Gasteiger charge is 2.29. The van der Waals surface area contributed by atoms with Crippen LogP contribution >= 0.6 is 0 Å². The van der Waals surface area contributed by atoms with E-state index in [-0.39, 0.29) is 29.3 Å². The van der Waals surface area contributed by atoms with Crippen LogP contribution in [0.25, 0.3) is 0 Å². The highest BCUT2D eigenvalue weighted by molar-refractivity contribution is 5.96. The van der Waals surface area contributed by atoms with Gasteiger partial charge in [-0.15, -0.1) is 0 Å². The number of anilines is 1. The molecule has 0 saturated heterocycles. The van der Waals surface area contributed by atoms with E-state index in [2.05, 4.69) is 10.6 Å². The normalized spacial score (nSPS) is 14.3. The molecule has 0 spiro atoms. The summed E-state index contributed by atoms with van der Waals surface area (Å²) < 4.78 is 0. The van der Waals surface area contributed by atoms with Crippen molar-refractivity contribution in [3.8, 4) is 0 Å². The van der Waals surface area contributed by atoms with E-state index in [1.807, 2.05) is 31.2 Å². The summed E-state index contributed by atoms with van der Waals surface area (Å²) in [6.45, 7) is 1.86. The van der Waals surface area contributed by atoms with Gasteiger partial charge in [0.15, 0.2) is 0 Å². The van der Waals surface area contributed by atoms with Gasteiger partial charge in [0.1, 0.15) is 0 Å². The molecule has 1 unspecified atom stereocenters. The largest absolute Gasteiger partial charge is 0.478 e. The van der Waals surface area contributed by atoms with E-state index in [1.54, 1.807) is 0 Å². The number of nitrogens with one attached hydrogen (secondary N) is 2. The van der Waals surface area contributed by atoms with Gasteiger partial charge in [-0.2, -0.15) is 0 Å². The number of carboxylic acids is 1. The number of hydrogen-bond donors (Lipinski definition) is 3. The number of rotatable bonds is 6. The van der Waals surface area contributed by atoms with Crippen LogP contribution in [0.4, 0.5) is 5.69 Å². The Labute approximate surface area is 151 Å². The molecule has 0 heterocycles. The molecule has 0 radical (unpaired) electrons. The van der Waals surface area contributed by atoms with Crippen LogP contribution in [0.15, 0.2) is 48.5 Å². The fourth-order valence-electron chi connectivity index (χ4n) is 2.57. The van der Waals surface area contributed by atoms with Gasteiger partial charge in [0.2, 0.25) is 5.91 Å². The summed E-state index contributed by atoms with van der Waals surface area (Å²) in [7, 11) is 0. The van der Waals surface area contributed by atoms with Gasteiger partial charge in [0.25, 0.3) is 5.91 Å². The average molecular weight is 352 g/mol. The van der Waals surface area contributed by atoms with Gasteiger partial charge in [0, 0.05) is 17.2 Å². The van der Waals surface area contributed by atoms with Gasteiger partial charge in [0.05, 0.1) is 11.6 Å². The molecule has 3 rings (SSSR count). The molecule has 26 heavy (non-hydrogen) atoms. The molecule has 3 N–H and O–H groups in total. The molecular formula is C20H20N2O4. The lowest BCUT2D eigenvalue weighted by atomic mass is 10.1. The van der Waals surface area contributed by atoms with Crippen LogP contribution in [0, 0.1) is 5.92 Å². The Balaban J connectivity index is 1.59. The molecule has 1 aliphatic rings. The van der Waals surface area contributed by atoms with E-state index in [0.717, 1.165) is 24.1 Å². The van der Waals surface area contributed by atoms with Gasteiger partial charge < -0.3 is 15.7 Å². The SMILES string of the molecule is CC(NC(=O)c1ccc(C(=O)O)cc1)c1ccc(NC(=O)C2CC2)cc1. The lowest BCUT2D eigenvalue weighted by Crippen LogP contribution is -2.26. The molecule has 1 atom stereocenters. The van der Waals surface area contributed by atoms with Crippen molar-refractivity contribution in [3.05, 3.63) is 65.2 Å². The van der Waals surface area contributed by atoms with Crippen molar-refractivity contribution in [2.45, 2.75) is 25.8 Å². The minimum absolute atomic E-state index is 0.0592. The first kappa shape index (κ1) is 17.7. The van der Waals surface area contributed by atoms with Crippen molar-refractivity contribution in [2.24, 2.45) is 5.92 Å². The van der Waals surface area contributed by atoms with Crippen molar-refractivity contribution in [2.75, 3.05) is 5.32 Å². The molecule has 1 saturated carbocycles. The third kappa shape index (κ3) is 4.27. The third-order valence-corrected chi connectivity index (χ3v) is 4.37. The van der Waals surface area contributed by atoms with Crippen LogP contribution in [0.2, 0.25) is 0 Å². The second kappa shape index (κ2) is 7.39. The lowest BCUT2D eigenvalue weighted by Gasteiger charge is -2.15. The van der Waals surface area contributed by atoms with Crippen LogP contribution < -0.4 is 10.6 Å². The molecule has 2 aromatic carbocycles. The first-order chi connectivity index (χ1) is 12.4. The summed E-state index contributed by atoms with van der Waals surface area (Å²) >= 11 is 0. The van der Waals surface area contributed by atoms with E-state index in [1.165, 1.54) is 24.3 Å². The Morgan fingerprint density at radius 1 is 0.962 bits per heavy atom. The van der Waals surface area contributed by atoms with Gasteiger partial charge in [-0.25, -0.2) is 4.79 Å². The van der Waals surface area contributed by atoms with Gasteiger partial charge in [-0.05, 0) is 61.7 Å². The Kier molecular flexibility index (Phi) is 5.02. The maximum absolute atomic E-state index is 12.3. The maximum atomic E-state index is 12.3. The summed E-state index contributed by atoms with van der Waals surface area (Å²) in [5.74, 6) is -1.09. The number of aromatic carboxylic acids is 1. The van der Waals surface area contributed by atoms with E-state index < -0.39 is 5.97 Å². The molecule has 6 nitrogen and oxygen atoms in total. The number of carbonyl (C=O) groups is 3. The van der Waals surface area contributed by atoms with Gasteiger partial charge >= 0.3 is 5.97 Å². The van der Waals surface area contributed by atoms with Crippen LogP contribution in [0.5, 0.6) is 0 Å². The number of carboxylic acid groups (broad SMARTS) is 1. The zero-order valence-electron chi connectivity index (χ0n) is 14.4. The zero-order valence-corrected chi connectivity index (χ0v) is 14.4. The topological polar surface area (TPSA) is 95.5 Å². The van der Waals surface area contributed by atoms with Crippen molar-refractivity contribution in [3.63, 3.8) is 0 Å². The summed E-state index contributed by atoms with van der Waals surface area (Å²) in [4.78, 5) is 34.9. The third-order valence-electron chi connectivity index (χ3n) is 4.37. The molecule has 6 heteroatoms. The fraction of sp³-hybridized carbons (Fsp3) is 0.250. The summed E-state index contributed by atoms with van der Waals surface area (Å²) in [5, 5.41) is 14.6. The molecule has 134 valence electrons. The zero-order chi connectivity index (χ0) is 18.7. The molecule has 0 aliphatic heterocycles. The van der Waals surface area contributed by atoms with E-state index in [0.29, 0.717) is 5.56 Å². The lowest BCUT2D eigenvalue weighted by molar-refractivity contribution is -0.117. The number of hydrogen-bond acceptors (Lipinski definition) is 3. The van der Waals surface area contributed by atoms with Crippen molar-refractivity contribution < 1.29 is 19.5 Å². The van der Waals surface area contributed by atoms with E-state index in [4.69, 9.17) is 5.11 Å². The second-order valence-electron chi connectivity index (χ2n) is 6.46. The fourth-order valence-corrected chi connectivity index (χ4v) is 2.57. The first-order valence-electron chi connectivity index (χ1n) is 8.49. The first-order valence-corrected chi connectivity index (χ1v) is 8.49. The molecule has 1 aliphatic carbocycles. The summed E-state index contributed by atoms with van der Waals surface area (Å²) in [6.07, 6.45) is 1.92. The minimum Gasteiger partial charge on any atom is -0.478 e. The highest BCUT2D eigenvalue weighted by Crippen LogP contribution is 2.30. The Hall–Kier alpha value is -3.15. The van der Waals surface area contributed by atoms with Gasteiger partial charge in [-0.3, -0.25) is 9.59 Å². The monoisotopic (exact) mass is 352 g/mol. The number of amides is 2. The second-order valence-corrected chi connectivity index (χ2v) is 6.46. The van der Waals surface area contributed by atoms with Crippen LogP contribution in [-0.4, -0.2) is 22.9 Å². The minimum atomic E-state index is -1.03.